The summed E-state index contributed by atoms with van der Waals surface area (Å²) in [6, 6.07) is 10.4. The molecule has 0 spiro atoms. The lowest BCUT2D eigenvalue weighted by Crippen LogP contribution is -2.39. The van der Waals surface area contributed by atoms with Gasteiger partial charge in [0.1, 0.15) is 5.82 Å². The van der Waals surface area contributed by atoms with Gasteiger partial charge < -0.3 is 24.6 Å². The van der Waals surface area contributed by atoms with Crippen LogP contribution in [0.4, 0.5) is 22.9 Å². The zero-order valence-corrected chi connectivity index (χ0v) is 19.6. The van der Waals surface area contributed by atoms with E-state index in [2.05, 4.69) is 53.3 Å². The van der Waals surface area contributed by atoms with Crippen molar-refractivity contribution in [1.82, 2.24) is 4.98 Å². The molecule has 7 heteroatoms. The van der Waals surface area contributed by atoms with Crippen molar-refractivity contribution in [2.24, 2.45) is 5.92 Å². The first-order chi connectivity index (χ1) is 16.1. The van der Waals surface area contributed by atoms with Crippen molar-refractivity contribution >= 4 is 28.8 Å². The monoisotopic (exact) mass is 450 g/mol. The molecule has 3 aliphatic rings. The molecule has 1 saturated carbocycles. The summed E-state index contributed by atoms with van der Waals surface area (Å²) in [4.78, 5) is 22.8. The van der Waals surface area contributed by atoms with E-state index in [1.807, 2.05) is 11.0 Å². The maximum absolute atomic E-state index is 13.9. The Bertz CT molecular complexity index is 981. The van der Waals surface area contributed by atoms with Crippen LogP contribution in [0.15, 0.2) is 36.5 Å². The van der Waals surface area contributed by atoms with Gasteiger partial charge >= 0.3 is 0 Å². The van der Waals surface area contributed by atoms with Crippen molar-refractivity contribution in [3.8, 4) is 0 Å². The van der Waals surface area contributed by atoms with E-state index in [9.17, 15) is 4.79 Å². The zero-order chi connectivity index (χ0) is 22.8. The number of nitrogens with one attached hydrogen (secondary N) is 1. The third-order valence-corrected chi connectivity index (χ3v) is 6.88. The third-order valence-electron chi connectivity index (χ3n) is 6.88. The highest BCUT2D eigenvalue weighted by Crippen LogP contribution is 2.40. The molecule has 2 fully saturated rings. The second-order valence-corrected chi connectivity index (χ2v) is 9.52. The van der Waals surface area contributed by atoms with Crippen molar-refractivity contribution < 1.29 is 14.3 Å². The van der Waals surface area contributed by atoms with Gasteiger partial charge in [0.25, 0.3) is 0 Å². The lowest BCUT2D eigenvalue weighted by Gasteiger charge is -2.34. The molecule has 176 valence electrons. The molecule has 1 saturated heterocycles. The summed E-state index contributed by atoms with van der Waals surface area (Å²) in [6.45, 7) is 7.87. The molecule has 2 aromatic rings. The van der Waals surface area contributed by atoms with Gasteiger partial charge in [-0.25, -0.2) is 4.98 Å². The molecule has 7 nitrogen and oxygen atoms in total. The summed E-state index contributed by atoms with van der Waals surface area (Å²) in [5, 5.41) is 3.48. The lowest BCUT2D eigenvalue weighted by molar-refractivity contribution is -0.124. The number of rotatable bonds is 4. The normalized spacial score (nSPS) is 22.9. The van der Waals surface area contributed by atoms with E-state index in [-0.39, 0.29) is 24.0 Å². The van der Waals surface area contributed by atoms with E-state index < -0.39 is 0 Å². The minimum absolute atomic E-state index is 0.0233. The summed E-state index contributed by atoms with van der Waals surface area (Å²) in [6.07, 6.45) is 5.93. The highest BCUT2D eigenvalue weighted by Gasteiger charge is 2.33. The molecule has 3 heterocycles. The van der Waals surface area contributed by atoms with Crippen LogP contribution in [0.1, 0.15) is 45.1 Å². The number of fused-ring (bicyclic) bond motifs is 2. The largest absolute Gasteiger partial charge is 0.378 e. The van der Waals surface area contributed by atoms with E-state index >= 15 is 0 Å². The maximum atomic E-state index is 13.9. The fraction of sp³-hybridized carbons (Fsp3) is 0.538. The van der Waals surface area contributed by atoms with Crippen LogP contribution in [-0.4, -0.2) is 49.4 Å². The van der Waals surface area contributed by atoms with Gasteiger partial charge in [0.2, 0.25) is 5.91 Å². The van der Waals surface area contributed by atoms with Crippen LogP contribution in [0.2, 0.25) is 0 Å². The van der Waals surface area contributed by atoms with Gasteiger partial charge in [-0.3, -0.25) is 4.79 Å². The van der Waals surface area contributed by atoms with Crippen molar-refractivity contribution in [3.05, 3.63) is 42.1 Å². The van der Waals surface area contributed by atoms with Gasteiger partial charge in [0, 0.05) is 36.5 Å². The quantitative estimate of drug-likeness (QED) is 0.740. The van der Waals surface area contributed by atoms with Crippen LogP contribution < -0.4 is 15.1 Å². The predicted molar refractivity (Wildman–Crippen MR) is 130 cm³/mol. The number of hydrogen-bond donors (Lipinski definition) is 1. The molecule has 0 unspecified atom stereocenters. The Morgan fingerprint density at radius 1 is 1.15 bits per heavy atom. The Balaban J connectivity index is 1.43. The maximum Gasteiger partial charge on any atom is 0.230 e. The zero-order valence-electron chi connectivity index (χ0n) is 19.6. The molecule has 1 N–H and O–H groups in total. The standard InChI is InChI=1S/C26H34N4O3/c1-18(2)33-22-8-5-19(6-9-22)26(31)30-17-20-4-3-11-27-25(20)28-23-10-7-21(16-24(23)30)29-12-14-32-15-13-29/h3-4,7,10-11,16,18-19,22H,5-6,8-9,12-15,17H2,1-2H3,(H,27,28)/t19-,22-. The molecule has 1 aromatic heterocycles. The smallest absolute Gasteiger partial charge is 0.230 e. The minimum atomic E-state index is 0.0233. The highest BCUT2D eigenvalue weighted by molar-refractivity contribution is 6.00. The van der Waals surface area contributed by atoms with E-state index in [0.29, 0.717) is 6.54 Å². The molecule has 1 aliphatic carbocycles. The number of carbonyl (C=O) groups excluding carboxylic acids is 1. The van der Waals surface area contributed by atoms with Gasteiger partial charge in [-0.2, -0.15) is 0 Å². The molecule has 5 rings (SSSR count). The van der Waals surface area contributed by atoms with E-state index in [1.54, 1.807) is 6.20 Å². The van der Waals surface area contributed by atoms with E-state index in [1.165, 1.54) is 0 Å². The Morgan fingerprint density at radius 2 is 1.94 bits per heavy atom. The summed E-state index contributed by atoms with van der Waals surface area (Å²) in [7, 11) is 0. The molecule has 0 radical (unpaired) electrons. The van der Waals surface area contributed by atoms with E-state index in [0.717, 1.165) is 80.4 Å². The van der Waals surface area contributed by atoms with Gasteiger partial charge in [0.05, 0.1) is 43.3 Å². The first-order valence-corrected chi connectivity index (χ1v) is 12.2. The number of nitrogens with zero attached hydrogens (tertiary/aromatic N) is 3. The predicted octanol–water partition coefficient (Wildman–Crippen LogP) is 4.49. The second-order valence-electron chi connectivity index (χ2n) is 9.52. The molecular weight excluding hydrogens is 416 g/mol. The molecule has 1 amide bonds. The van der Waals surface area contributed by atoms with Crippen LogP contribution >= 0.6 is 0 Å². The number of aromatic nitrogens is 1. The number of pyridine rings is 1. The van der Waals surface area contributed by atoms with Crippen LogP contribution in [0.25, 0.3) is 0 Å². The number of morpholine rings is 1. The SMILES string of the molecule is CC(C)O[C@H]1CC[C@H](C(=O)N2Cc3cccnc3Nc3ccc(N4CCOCC4)cc32)CC1. The molecule has 2 aliphatic heterocycles. The number of hydrogen-bond acceptors (Lipinski definition) is 6. The Morgan fingerprint density at radius 3 is 2.70 bits per heavy atom. The van der Waals surface area contributed by atoms with Crippen LogP contribution in [0.3, 0.4) is 0 Å². The van der Waals surface area contributed by atoms with Crippen molar-refractivity contribution in [3.63, 3.8) is 0 Å². The fourth-order valence-corrected chi connectivity index (χ4v) is 5.18. The highest BCUT2D eigenvalue weighted by atomic mass is 16.5. The summed E-state index contributed by atoms with van der Waals surface area (Å²) in [5.74, 6) is 1.05. The number of benzene rings is 1. The first-order valence-electron chi connectivity index (χ1n) is 12.2. The summed E-state index contributed by atoms with van der Waals surface area (Å²) >= 11 is 0. The number of carbonyl (C=O) groups is 1. The first kappa shape index (κ1) is 22.2. The molecule has 0 bridgehead atoms. The average Bonchev–Trinajstić information content (AvgIpc) is 3.00. The third kappa shape index (κ3) is 4.84. The van der Waals surface area contributed by atoms with Gasteiger partial charge in [0.15, 0.2) is 0 Å². The van der Waals surface area contributed by atoms with Gasteiger partial charge in [-0.05, 0) is 63.8 Å². The van der Waals surface area contributed by atoms with Crippen LogP contribution in [0, 0.1) is 5.92 Å². The fourth-order valence-electron chi connectivity index (χ4n) is 5.18. The van der Waals surface area contributed by atoms with Gasteiger partial charge in [-0.15, -0.1) is 0 Å². The molecule has 1 aromatic carbocycles. The molecule has 0 atom stereocenters. The molecule has 33 heavy (non-hydrogen) atoms. The van der Waals surface area contributed by atoms with Crippen LogP contribution in [0.5, 0.6) is 0 Å². The average molecular weight is 451 g/mol. The Hall–Kier alpha value is -2.64. The number of amides is 1. The van der Waals surface area contributed by atoms with Crippen molar-refractivity contribution in [2.45, 2.75) is 58.3 Å². The molecular formula is C26H34N4O3. The number of ether oxygens (including phenoxy) is 2. The minimum Gasteiger partial charge on any atom is -0.378 e. The Kier molecular flexibility index (Phi) is 6.51. The summed E-state index contributed by atoms with van der Waals surface area (Å²) < 4.78 is 11.5. The van der Waals surface area contributed by atoms with E-state index in [4.69, 9.17) is 9.47 Å². The van der Waals surface area contributed by atoms with Crippen LogP contribution in [-0.2, 0) is 20.8 Å². The second kappa shape index (κ2) is 9.69. The summed E-state index contributed by atoms with van der Waals surface area (Å²) in [5.41, 5.74) is 4.02. The van der Waals surface area contributed by atoms with Crippen molar-refractivity contribution in [2.75, 3.05) is 41.4 Å². The lowest BCUT2D eigenvalue weighted by atomic mass is 9.86. The van der Waals surface area contributed by atoms with Gasteiger partial charge in [-0.1, -0.05) is 6.07 Å². The van der Waals surface area contributed by atoms with Crippen molar-refractivity contribution in [1.29, 1.82) is 0 Å². The Labute approximate surface area is 196 Å². The topological polar surface area (TPSA) is 66.9 Å². The number of anilines is 4.